The van der Waals surface area contributed by atoms with Crippen LogP contribution in [-0.2, 0) is 11.3 Å². The zero-order valence-corrected chi connectivity index (χ0v) is 14.1. The van der Waals surface area contributed by atoms with E-state index in [1.807, 2.05) is 19.1 Å². The molecule has 4 rings (SSSR count). The highest BCUT2D eigenvalue weighted by Crippen LogP contribution is 2.21. The van der Waals surface area contributed by atoms with Crippen LogP contribution >= 0.6 is 11.3 Å². The Balaban J connectivity index is 1.61. The van der Waals surface area contributed by atoms with E-state index in [1.165, 1.54) is 17.4 Å². The van der Waals surface area contributed by atoms with E-state index in [0.29, 0.717) is 16.7 Å². The Labute approximate surface area is 146 Å². The minimum Gasteiger partial charge on any atom is -0.457 e. The summed E-state index contributed by atoms with van der Waals surface area (Å²) in [4.78, 5) is 28.2. The van der Waals surface area contributed by atoms with E-state index in [9.17, 15) is 9.59 Å². The van der Waals surface area contributed by atoms with Crippen molar-refractivity contribution in [3.05, 3.63) is 75.1 Å². The van der Waals surface area contributed by atoms with Gasteiger partial charge in [-0.3, -0.25) is 0 Å². The molecule has 0 radical (unpaired) electrons. The number of rotatable bonds is 3. The molecule has 0 unspecified atom stereocenters. The van der Waals surface area contributed by atoms with Gasteiger partial charge in [-0.2, -0.15) is 0 Å². The molecule has 0 aliphatic heterocycles. The number of ether oxygens (including phenoxy) is 1. The van der Waals surface area contributed by atoms with Crippen LogP contribution in [0, 0.1) is 6.92 Å². The number of aryl methyl sites for hydroxylation is 1. The number of carbonyl (C=O) groups excluding carboxylic acids is 1. The summed E-state index contributed by atoms with van der Waals surface area (Å²) in [5, 5.41) is 0.760. The summed E-state index contributed by atoms with van der Waals surface area (Å²) in [6.07, 6.45) is 0. The molecule has 0 aliphatic rings. The largest absolute Gasteiger partial charge is 0.457 e. The Morgan fingerprint density at radius 1 is 1.20 bits per heavy atom. The first-order valence-electron chi connectivity index (χ1n) is 7.64. The molecular weight excluding hydrogens is 338 g/mol. The van der Waals surface area contributed by atoms with Gasteiger partial charge in [0.05, 0.1) is 21.3 Å². The summed E-state index contributed by atoms with van der Waals surface area (Å²) in [6.45, 7) is 1.92. The lowest BCUT2D eigenvalue weighted by Crippen LogP contribution is -2.08. The molecule has 124 valence electrons. The van der Waals surface area contributed by atoms with E-state index in [2.05, 4.69) is 4.98 Å². The predicted molar refractivity (Wildman–Crippen MR) is 96.0 cm³/mol. The van der Waals surface area contributed by atoms with E-state index in [4.69, 9.17) is 9.15 Å². The monoisotopic (exact) mass is 351 g/mol. The highest BCUT2D eigenvalue weighted by molar-refractivity contribution is 7.16. The summed E-state index contributed by atoms with van der Waals surface area (Å²) >= 11 is 1.47. The molecule has 5 nitrogen and oxygen atoms in total. The zero-order valence-electron chi connectivity index (χ0n) is 13.3. The van der Waals surface area contributed by atoms with E-state index in [-0.39, 0.29) is 6.61 Å². The van der Waals surface area contributed by atoms with Gasteiger partial charge in [-0.05, 0) is 36.8 Å². The molecule has 0 spiro atoms. The van der Waals surface area contributed by atoms with Crippen LogP contribution in [0.4, 0.5) is 0 Å². The standard InChI is InChI=1S/C19H13NO4S/c1-11-2-4-14-13(8-18(21)24-16(14)6-11)9-23-19(22)12-3-5-15-17(7-12)25-10-20-15/h2-8,10H,9H2,1H3. The summed E-state index contributed by atoms with van der Waals surface area (Å²) in [5.41, 5.74) is 4.68. The Kier molecular flexibility index (Phi) is 3.82. The van der Waals surface area contributed by atoms with Crippen LogP contribution in [0.15, 0.2) is 57.2 Å². The van der Waals surface area contributed by atoms with Gasteiger partial charge in [-0.25, -0.2) is 14.6 Å². The first-order chi connectivity index (χ1) is 12.1. The van der Waals surface area contributed by atoms with Crippen LogP contribution in [0.2, 0.25) is 0 Å². The molecule has 0 aliphatic carbocycles. The van der Waals surface area contributed by atoms with E-state index in [0.717, 1.165) is 21.2 Å². The molecule has 2 aromatic heterocycles. The van der Waals surface area contributed by atoms with Crippen molar-refractivity contribution in [3.8, 4) is 0 Å². The molecule has 0 fully saturated rings. The predicted octanol–water partition coefficient (Wildman–Crippen LogP) is 4.07. The molecule has 0 bridgehead atoms. The van der Waals surface area contributed by atoms with E-state index < -0.39 is 11.6 Å². The maximum absolute atomic E-state index is 12.3. The normalized spacial score (nSPS) is 11.1. The maximum Gasteiger partial charge on any atom is 0.338 e. The SMILES string of the molecule is Cc1ccc2c(COC(=O)c3ccc4ncsc4c3)cc(=O)oc2c1. The van der Waals surface area contributed by atoms with E-state index in [1.54, 1.807) is 29.8 Å². The van der Waals surface area contributed by atoms with Crippen LogP contribution < -0.4 is 5.63 Å². The van der Waals surface area contributed by atoms with Gasteiger partial charge in [0.25, 0.3) is 0 Å². The molecule has 4 aromatic rings. The van der Waals surface area contributed by atoms with Gasteiger partial charge < -0.3 is 9.15 Å². The minimum absolute atomic E-state index is 0.00468. The van der Waals surface area contributed by atoms with Crippen molar-refractivity contribution < 1.29 is 13.9 Å². The molecule has 0 saturated carbocycles. The van der Waals surface area contributed by atoms with Crippen molar-refractivity contribution in [1.29, 1.82) is 0 Å². The number of esters is 1. The number of fused-ring (bicyclic) bond motifs is 2. The number of hydrogen-bond acceptors (Lipinski definition) is 6. The highest BCUT2D eigenvalue weighted by Gasteiger charge is 2.12. The second kappa shape index (κ2) is 6.14. The van der Waals surface area contributed by atoms with Crippen LogP contribution in [0.1, 0.15) is 21.5 Å². The third-order valence-corrected chi connectivity index (χ3v) is 4.70. The number of benzene rings is 2. The third-order valence-electron chi connectivity index (χ3n) is 3.91. The van der Waals surface area contributed by atoms with Gasteiger partial charge in [0.1, 0.15) is 12.2 Å². The van der Waals surface area contributed by atoms with Crippen molar-refractivity contribution >= 4 is 38.5 Å². The fraction of sp³-hybridized carbons (Fsp3) is 0.105. The lowest BCUT2D eigenvalue weighted by molar-refractivity contribution is 0.0474. The fourth-order valence-electron chi connectivity index (χ4n) is 2.67. The highest BCUT2D eigenvalue weighted by atomic mass is 32.1. The molecule has 6 heteroatoms. The van der Waals surface area contributed by atoms with Crippen LogP contribution in [-0.4, -0.2) is 11.0 Å². The quantitative estimate of drug-likeness (QED) is 0.411. The van der Waals surface area contributed by atoms with Gasteiger partial charge in [-0.1, -0.05) is 12.1 Å². The zero-order chi connectivity index (χ0) is 17.4. The van der Waals surface area contributed by atoms with Gasteiger partial charge >= 0.3 is 11.6 Å². The molecule has 0 atom stereocenters. The third kappa shape index (κ3) is 3.04. The fourth-order valence-corrected chi connectivity index (χ4v) is 3.38. The molecule has 0 saturated heterocycles. The molecule has 2 aromatic carbocycles. The molecule has 2 heterocycles. The lowest BCUT2D eigenvalue weighted by atomic mass is 10.1. The number of nitrogens with zero attached hydrogens (tertiary/aromatic N) is 1. The van der Waals surface area contributed by atoms with Gasteiger partial charge in [-0.15, -0.1) is 11.3 Å². The van der Waals surface area contributed by atoms with Crippen molar-refractivity contribution in [2.24, 2.45) is 0 Å². The number of carbonyl (C=O) groups is 1. The first-order valence-corrected chi connectivity index (χ1v) is 8.52. The van der Waals surface area contributed by atoms with Crippen molar-refractivity contribution in [2.45, 2.75) is 13.5 Å². The van der Waals surface area contributed by atoms with Crippen molar-refractivity contribution in [1.82, 2.24) is 4.98 Å². The molecule has 25 heavy (non-hydrogen) atoms. The van der Waals surface area contributed by atoms with Gasteiger partial charge in [0, 0.05) is 17.0 Å². The number of hydrogen-bond donors (Lipinski definition) is 0. The summed E-state index contributed by atoms with van der Waals surface area (Å²) in [6, 6.07) is 12.2. The second-order valence-corrected chi connectivity index (χ2v) is 6.59. The van der Waals surface area contributed by atoms with Crippen LogP contribution in [0.25, 0.3) is 21.2 Å². The molecule has 0 amide bonds. The molecule has 0 N–H and O–H groups in total. The summed E-state index contributed by atoms with van der Waals surface area (Å²) < 4.78 is 11.5. The van der Waals surface area contributed by atoms with Crippen LogP contribution in [0.5, 0.6) is 0 Å². The first kappa shape index (κ1) is 15.5. The van der Waals surface area contributed by atoms with Gasteiger partial charge in [0.15, 0.2) is 0 Å². The Morgan fingerprint density at radius 2 is 2.08 bits per heavy atom. The second-order valence-electron chi connectivity index (χ2n) is 5.70. The Morgan fingerprint density at radius 3 is 2.96 bits per heavy atom. The topological polar surface area (TPSA) is 69.4 Å². The maximum atomic E-state index is 12.3. The van der Waals surface area contributed by atoms with E-state index >= 15 is 0 Å². The summed E-state index contributed by atoms with van der Waals surface area (Å²) in [5.74, 6) is -0.441. The Hall–Kier alpha value is -2.99. The number of aromatic nitrogens is 1. The average Bonchev–Trinajstić information content (AvgIpc) is 3.06. The minimum atomic E-state index is -0.463. The smallest absolute Gasteiger partial charge is 0.338 e. The Bertz CT molecular complexity index is 1160. The number of thiazole rings is 1. The molecular formula is C19H13NO4S. The average molecular weight is 351 g/mol. The van der Waals surface area contributed by atoms with Crippen LogP contribution in [0.3, 0.4) is 0 Å². The summed E-state index contributed by atoms with van der Waals surface area (Å²) in [7, 11) is 0. The van der Waals surface area contributed by atoms with Crippen molar-refractivity contribution in [2.75, 3.05) is 0 Å². The van der Waals surface area contributed by atoms with Crippen molar-refractivity contribution in [3.63, 3.8) is 0 Å². The lowest BCUT2D eigenvalue weighted by Gasteiger charge is -2.08. The van der Waals surface area contributed by atoms with Gasteiger partial charge in [0.2, 0.25) is 0 Å².